The molecule has 3 aromatic rings. The Bertz CT molecular complexity index is 853. The zero-order valence-electron chi connectivity index (χ0n) is 14.2. The number of anilines is 1. The van der Waals surface area contributed by atoms with E-state index in [0.717, 1.165) is 33.9 Å². The summed E-state index contributed by atoms with van der Waals surface area (Å²) in [5, 5.41) is 12.1. The largest absolute Gasteiger partial charge is 0.461 e. The first kappa shape index (κ1) is 17.0. The Morgan fingerprint density at radius 3 is 2.64 bits per heavy atom. The van der Waals surface area contributed by atoms with Crippen LogP contribution < -0.4 is 5.32 Å². The molecule has 0 radical (unpaired) electrons. The first-order valence-electron chi connectivity index (χ1n) is 8.30. The van der Waals surface area contributed by atoms with Crippen molar-refractivity contribution in [3.8, 4) is 11.3 Å². The van der Waals surface area contributed by atoms with E-state index in [1.54, 1.807) is 6.07 Å². The van der Waals surface area contributed by atoms with Crippen LogP contribution in [0, 0.1) is 6.92 Å². The van der Waals surface area contributed by atoms with Crippen LogP contribution in [-0.4, -0.2) is 11.0 Å². The zero-order chi connectivity index (χ0) is 17.6. The van der Waals surface area contributed by atoms with Gasteiger partial charge in [-0.3, -0.25) is 4.79 Å². The number of rotatable bonds is 6. The highest BCUT2D eigenvalue weighted by molar-refractivity contribution is 5.91. The molecule has 0 aliphatic heterocycles. The molecule has 1 heterocycles. The number of aliphatic hydroxyl groups is 1. The Morgan fingerprint density at radius 2 is 1.88 bits per heavy atom. The number of furan rings is 1. The fourth-order valence-corrected chi connectivity index (χ4v) is 2.62. The number of aryl methyl sites for hydroxylation is 2. The number of carbonyl (C=O) groups is 1. The van der Waals surface area contributed by atoms with E-state index in [9.17, 15) is 9.90 Å². The Balaban J connectivity index is 1.59. The molecule has 0 bridgehead atoms. The van der Waals surface area contributed by atoms with Gasteiger partial charge < -0.3 is 14.8 Å². The summed E-state index contributed by atoms with van der Waals surface area (Å²) in [6.45, 7) is 1.88. The van der Waals surface area contributed by atoms with Crippen LogP contribution in [0.3, 0.4) is 0 Å². The summed E-state index contributed by atoms with van der Waals surface area (Å²) in [6.07, 6.45) is 0.877. The van der Waals surface area contributed by atoms with Gasteiger partial charge in [0.05, 0.1) is 6.61 Å². The summed E-state index contributed by atoms with van der Waals surface area (Å²) in [6, 6.07) is 19.3. The van der Waals surface area contributed by atoms with Gasteiger partial charge in [-0.2, -0.15) is 0 Å². The second-order valence-corrected chi connectivity index (χ2v) is 5.99. The monoisotopic (exact) mass is 335 g/mol. The molecule has 1 aromatic heterocycles. The number of hydrogen-bond donors (Lipinski definition) is 2. The number of carbonyl (C=O) groups excluding carboxylic acids is 1. The summed E-state index contributed by atoms with van der Waals surface area (Å²) in [4.78, 5) is 12.2. The fraction of sp³-hybridized carbons (Fsp3) is 0.190. The van der Waals surface area contributed by atoms with Gasteiger partial charge in [0, 0.05) is 24.1 Å². The van der Waals surface area contributed by atoms with E-state index >= 15 is 0 Å². The van der Waals surface area contributed by atoms with Crippen LogP contribution in [0.1, 0.15) is 23.3 Å². The van der Waals surface area contributed by atoms with Crippen molar-refractivity contribution in [2.45, 2.75) is 26.4 Å². The number of aliphatic hydroxyl groups excluding tert-OH is 1. The van der Waals surface area contributed by atoms with Crippen LogP contribution in [0.4, 0.5) is 5.69 Å². The van der Waals surface area contributed by atoms with Crippen molar-refractivity contribution in [3.63, 3.8) is 0 Å². The smallest absolute Gasteiger partial charge is 0.224 e. The first-order valence-corrected chi connectivity index (χ1v) is 8.30. The molecular weight excluding hydrogens is 314 g/mol. The summed E-state index contributed by atoms with van der Waals surface area (Å²) >= 11 is 0. The van der Waals surface area contributed by atoms with Crippen molar-refractivity contribution in [1.82, 2.24) is 0 Å². The van der Waals surface area contributed by atoms with Crippen LogP contribution in [0.15, 0.2) is 65.1 Å². The molecule has 3 rings (SSSR count). The Labute approximate surface area is 147 Å². The molecule has 2 aromatic carbocycles. The number of hydrogen-bond acceptors (Lipinski definition) is 3. The molecule has 0 saturated carbocycles. The van der Waals surface area contributed by atoms with Crippen LogP contribution in [0.25, 0.3) is 11.3 Å². The molecule has 0 atom stereocenters. The molecular formula is C21H21NO3. The lowest BCUT2D eigenvalue weighted by Crippen LogP contribution is -2.13. The third-order valence-corrected chi connectivity index (χ3v) is 4.08. The predicted molar refractivity (Wildman–Crippen MR) is 98.2 cm³/mol. The van der Waals surface area contributed by atoms with Gasteiger partial charge in [-0.05, 0) is 36.2 Å². The van der Waals surface area contributed by atoms with E-state index in [1.807, 2.05) is 61.5 Å². The van der Waals surface area contributed by atoms with Gasteiger partial charge in [-0.15, -0.1) is 0 Å². The molecule has 4 nitrogen and oxygen atoms in total. The quantitative estimate of drug-likeness (QED) is 0.705. The van der Waals surface area contributed by atoms with Gasteiger partial charge in [0.25, 0.3) is 0 Å². The van der Waals surface area contributed by atoms with Crippen LogP contribution in [-0.2, 0) is 17.8 Å². The van der Waals surface area contributed by atoms with E-state index < -0.39 is 0 Å². The van der Waals surface area contributed by atoms with Gasteiger partial charge in [-0.1, -0.05) is 42.5 Å². The molecule has 25 heavy (non-hydrogen) atoms. The highest BCUT2D eigenvalue weighted by atomic mass is 16.3. The molecule has 4 heteroatoms. The molecule has 0 aliphatic carbocycles. The van der Waals surface area contributed by atoms with Crippen molar-refractivity contribution in [2.24, 2.45) is 0 Å². The Kier molecular flexibility index (Phi) is 5.31. The predicted octanol–water partition coefficient (Wildman–Crippen LogP) is 4.32. The lowest BCUT2D eigenvalue weighted by Gasteiger charge is -2.09. The van der Waals surface area contributed by atoms with Crippen molar-refractivity contribution < 1.29 is 14.3 Å². The van der Waals surface area contributed by atoms with E-state index in [1.165, 1.54) is 0 Å². The zero-order valence-corrected chi connectivity index (χ0v) is 14.2. The third-order valence-electron chi connectivity index (χ3n) is 4.08. The molecule has 0 spiro atoms. The Hall–Kier alpha value is -2.85. The molecule has 0 aliphatic rings. The summed E-state index contributed by atoms with van der Waals surface area (Å²) in [7, 11) is 0. The number of nitrogens with one attached hydrogen (secondary N) is 1. The normalized spacial score (nSPS) is 10.6. The van der Waals surface area contributed by atoms with Crippen molar-refractivity contribution in [1.29, 1.82) is 0 Å². The highest BCUT2D eigenvalue weighted by Crippen LogP contribution is 2.23. The summed E-state index contributed by atoms with van der Waals surface area (Å²) in [5.74, 6) is 1.52. The SMILES string of the molecule is Cc1ccc(CO)cc1NC(=O)CCc1ccc(-c2ccccc2)o1. The van der Waals surface area contributed by atoms with Gasteiger partial charge in [-0.25, -0.2) is 0 Å². The van der Waals surface area contributed by atoms with Gasteiger partial charge >= 0.3 is 0 Å². The fourth-order valence-electron chi connectivity index (χ4n) is 2.62. The maximum absolute atomic E-state index is 12.2. The minimum atomic E-state index is -0.0733. The molecule has 128 valence electrons. The minimum Gasteiger partial charge on any atom is -0.461 e. The lowest BCUT2D eigenvalue weighted by atomic mass is 10.1. The second kappa shape index (κ2) is 7.81. The Morgan fingerprint density at radius 1 is 1.08 bits per heavy atom. The van der Waals surface area contributed by atoms with Crippen LogP contribution in [0.5, 0.6) is 0 Å². The van der Waals surface area contributed by atoms with Crippen molar-refractivity contribution in [3.05, 3.63) is 77.6 Å². The van der Waals surface area contributed by atoms with Crippen LogP contribution in [0.2, 0.25) is 0 Å². The van der Waals surface area contributed by atoms with E-state index in [2.05, 4.69) is 5.32 Å². The maximum atomic E-state index is 12.2. The van der Waals surface area contributed by atoms with Gasteiger partial charge in [0.1, 0.15) is 11.5 Å². The summed E-state index contributed by atoms with van der Waals surface area (Å²) < 4.78 is 5.82. The molecule has 0 fully saturated rings. The molecule has 2 N–H and O–H groups in total. The number of amides is 1. The lowest BCUT2D eigenvalue weighted by molar-refractivity contribution is -0.116. The van der Waals surface area contributed by atoms with Crippen molar-refractivity contribution >= 4 is 11.6 Å². The van der Waals surface area contributed by atoms with E-state index in [4.69, 9.17) is 4.42 Å². The summed E-state index contributed by atoms with van der Waals surface area (Å²) in [5.41, 5.74) is 3.50. The van der Waals surface area contributed by atoms with E-state index in [-0.39, 0.29) is 12.5 Å². The topological polar surface area (TPSA) is 62.5 Å². The first-order chi connectivity index (χ1) is 12.2. The molecule has 1 amide bonds. The number of benzene rings is 2. The maximum Gasteiger partial charge on any atom is 0.224 e. The standard InChI is InChI=1S/C21H21NO3/c1-15-7-8-16(14-23)13-19(15)22-21(24)12-10-18-9-11-20(25-18)17-5-3-2-4-6-17/h2-9,11,13,23H,10,12,14H2,1H3,(H,22,24). The average molecular weight is 335 g/mol. The van der Waals surface area contributed by atoms with Crippen molar-refractivity contribution in [2.75, 3.05) is 5.32 Å². The highest BCUT2D eigenvalue weighted by Gasteiger charge is 2.09. The minimum absolute atomic E-state index is 0.0438. The van der Waals surface area contributed by atoms with Gasteiger partial charge in [0.2, 0.25) is 5.91 Å². The molecule has 0 unspecified atom stereocenters. The van der Waals surface area contributed by atoms with Gasteiger partial charge in [0.15, 0.2) is 0 Å². The average Bonchev–Trinajstić information content (AvgIpc) is 3.12. The van der Waals surface area contributed by atoms with Crippen LogP contribution >= 0.6 is 0 Å². The second-order valence-electron chi connectivity index (χ2n) is 5.99. The third kappa shape index (κ3) is 4.37. The molecule has 0 saturated heterocycles. The van der Waals surface area contributed by atoms with E-state index in [0.29, 0.717) is 12.8 Å².